The van der Waals surface area contributed by atoms with Gasteiger partial charge in [0.05, 0.1) is 18.2 Å². The number of carbonyl (C=O) groups is 1. The van der Waals surface area contributed by atoms with Gasteiger partial charge >= 0.3 is 5.97 Å². The van der Waals surface area contributed by atoms with Gasteiger partial charge in [-0.1, -0.05) is 5.21 Å². The largest absolute Gasteiger partial charge is 0.467 e. The summed E-state index contributed by atoms with van der Waals surface area (Å²) in [6.07, 6.45) is 1.74. The predicted molar refractivity (Wildman–Crippen MR) is 72.4 cm³/mol. The molecule has 7 heteroatoms. The Kier molecular flexibility index (Phi) is 3.54. The van der Waals surface area contributed by atoms with Crippen molar-refractivity contribution in [3.05, 3.63) is 22.1 Å². The minimum atomic E-state index is -0.871. The molecule has 0 aliphatic rings. The standard InChI is InChI=1S/C11H12BrN3O2S/c1-11(2,10(16)17-3)15-6-8(13-14-15)9-7(12)4-5-18-9/h4-6H,1-3H3. The molecule has 2 rings (SSSR count). The lowest BCUT2D eigenvalue weighted by atomic mass is 10.1. The number of nitrogens with zero attached hydrogens (tertiary/aromatic N) is 3. The monoisotopic (exact) mass is 329 g/mol. The van der Waals surface area contributed by atoms with Gasteiger partial charge in [-0.05, 0) is 41.2 Å². The molecule has 0 radical (unpaired) electrons. The van der Waals surface area contributed by atoms with Crippen molar-refractivity contribution in [1.29, 1.82) is 0 Å². The molecule has 0 fully saturated rings. The fourth-order valence-electron chi connectivity index (χ4n) is 1.46. The number of ether oxygens (including phenoxy) is 1. The Morgan fingerprint density at radius 1 is 1.56 bits per heavy atom. The molecule has 0 aromatic carbocycles. The molecule has 5 nitrogen and oxygen atoms in total. The van der Waals surface area contributed by atoms with E-state index in [1.807, 2.05) is 11.4 Å². The maximum atomic E-state index is 11.7. The lowest BCUT2D eigenvalue weighted by molar-refractivity contribution is -0.150. The van der Waals surface area contributed by atoms with Crippen LogP contribution >= 0.6 is 27.3 Å². The molecule has 0 N–H and O–H groups in total. The molecular weight excluding hydrogens is 318 g/mol. The molecule has 0 bridgehead atoms. The van der Waals surface area contributed by atoms with Gasteiger partial charge in [0.25, 0.3) is 0 Å². The van der Waals surface area contributed by atoms with E-state index in [0.29, 0.717) is 0 Å². The summed E-state index contributed by atoms with van der Waals surface area (Å²) < 4.78 is 7.24. The maximum absolute atomic E-state index is 11.7. The number of thiophene rings is 1. The van der Waals surface area contributed by atoms with E-state index >= 15 is 0 Å². The topological polar surface area (TPSA) is 57.0 Å². The van der Waals surface area contributed by atoms with E-state index in [1.54, 1.807) is 31.4 Å². The third-order valence-corrected chi connectivity index (χ3v) is 4.46. The molecule has 2 aromatic heterocycles. The quantitative estimate of drug-likeness (QED) is 0.812. The number of aromatic nitrogens is 3. The molecule has 0 aliphatic carbocycles. The van der Waals surface area contributed by atoms with Crippen molar-refractivity contribution >= 4 is 33.2 Å². The molecule has 0 saturated carbocycles. The van der Waals surface area contributed by atoms with Gasteiger partial charge in [-0.25, -0.2) is 9.48 Å². The van der Waals surface area contributed by atoms with Crippen LogP contribution in [-0.4, -0.2) is 28.1 Å². The summed E-state index contributed by atoms with van der Waals surface area (Å²) in [5.41, 5.74) is -0.141. The van der Waals surface area contributed by atoms with E-state index in [1.165, 1.54) is 11.8 Å². The van der Waals surface area contributed by atoms with Gasteiger partial charge in [-0.15, -0.1) is 16.4 Å². The van der Waals surface area contributed by atoms with Crippen molar-refractivity contribution in [2.45, 2.75) is 19.4 Å². The van der Waals surface area contributed by atoms with Crippen molar-refractivity contribution in [3.8, 4) is 10.6 Å². The first-order valence-corrected chi connectivity index (χ1v) is 6.88. The Balaban J connectivity index is 2.37. The first-order chi connectivity index (χ1) is 8.46. The second kappa shape index (κ2) is 4.81. The van der Waals surface area contributed by atoms with E-state index in [-0.39, 0.29) is 5.97 Å². The molecule has 0 atom stereocenters. The summed E-state index contributed by atoms with van der Waals surface area (Å²) in [5.74, 6) is -0.357. The highest BCUT2D eigenvalue weighted by molar-refractivity contribution is 9.10. The smallest absolute Gasteiger partial charge is 0.333 e. The van der Waals surface area contributed by atoms with Crippen LogP contribution in [0.1, 0.15) is 13.8 Å². The Bertz CT molecular complexity index is 576. The Hall–Kier alpha value is -1.21. The lowest BCUT2D eigenvalue weighted by Crippen LogP contribution is -2.37. The SMILES string of the molecule is COC(=O)C(C)(C)n1cc(-c2sccc2Br)nn1. The average Bonchev–Trinajstić information content (AvgIpc) is 2.95. The van der Waals surface area contributed by atoms with Crippen molar-refractivity contribution < 1.29 is 9.53 Å². The summed E-state index contributed by atoms with van der Waals surface area (Å²) in [7, 11) is 1.36. The van der Waals surface area contributed by atoms with E-state index < -0.39 is 5.54 Å². The predicted octanol–water partition coefficient (Wildman–Crippen LogP) is 2.68. The zero-order valence-electron chi connectivity index (χ0n) is 10.2. The molecular formula is C11H12BrN3O2S. The maximum Gasteiger partial charge on any atom is 0.333 e. The number of rotatable bonds is 3. The van der Waals surface area contributed by atoms with Crippen LogP contribution in [0.4, 0.5) is 0 Å². The third kappa shape index (κ3) is 2.20. The Morgan fingerprint density at radius 2 is 2.28 bits per heavy atom. The normalized spacial score (nSPS) is 11.6. The van der Waals surface area contributed by atoms with E-state index in [0.717, 1.165) is 15.0 Å². The molecule has 0 unspecified atom stereocenters. The number of halogens is 1. The fraction of sp³-hybridized carbons (Fsp3) is 0.364. The molecule has 2 aromatic rings. The van der Waals surface area contributed by atoms with Gasteiger partial charge in [-0.2, -0.15) is 0 Å². The van der Waals surface area contributed by atoms with Gasteiger partial charge in [0.15, 0.2) is 5.54 Å². The molecule has 0 spiro atoms. The van der Waals surface area contributed by atoms with Crippen LogP contribution in [0.15, 0.2) is 22.1 Å². The third-order valence-electron chi connectivity index (χ3n) is 2.60. The van der Waals surface area contributed by atoms with Gasteiger partial charge in [0.2, 0.25) is 0 Å². The minimum absolute atomic E-state index is 0.357. The number of esters is 1. The minimum Gasteiger partial charge on any atom is -0.467 e. The number of hydrogen-bond acceptors (Lipinski definition) is 5. The highest BCUT2D eigenvalue weighted by atomic mass is 79.9. The molecule has 2 heterocycles. The van der Waals surface area contributed by atoms with E-state index in [2.05, 4.69) is 26.2 Å². The summed E-state index contributed by atoms with van der Waals surface area (Å²) >= 11 is 5.01. The van der Waals surface area contributed by atoms with Gasteiger partial charge in [0, 0.05) is 4.47 Å². The average molecular weight is 330 g/mol. The van der Waals surface area contributed by atoms with Crippen LogP contribution in [0.5, 0.6) is 0 Å². The van der Waals surface area contributed by atoms with Crippen LogP contribution in [0, 0.1) is 0 Å². The Morgan fingerprint density at radius 3 is 2.83 bits per heavy atom. The van der Waals surface area contributed by atoms with E-state index in [9.17, 15) is 4.79 Å². The second-order valence-corrected chi connectivity index (χ2v) is 5.97. The van der Waals surface area contributed by atoms with Crippen LogP contribution in [-0.2, 0) is 15.1 Å². The van der Waals surface area contributed by atoms with E-state index in [4.69, 9.17) is 4.74 Å². The zero-order chi connectivity index (χ0) is 13.3. The van der Waals surface area contributed by atoms with Crippen LogP contribution in [0.2, 0.25) is 0 Å². The summed E-state index contributed by atoms with van der Waals surface area (Å²) in [5, 5.41) is 10.1. The molecule has 18 heavy (non-hydrogen) atoms. The first-order valence-electron chi connectivity index (χ1n) is 5.21. The number of carbonyl (C=O) groups excluding carboxylic acids is 1. The van der Waals surface area contributed by atoms with Crippen molar-refractivity contribution in [2.24, 2.45) is 0 Å². The fourth-order valence-corrected chi connectivity index (χ4v) is 2.99. The summed E-state index contributed by atoms with van der Waals surface area (Å²) in [6, 6.07) is 1.95. The number of methoxy groups -OCH3 is 1. The summed E-state index contributed by atoms with van der Waals surface area (Å²) in [6.45, 7) is 3.47. The van der Waals surface area contributed by atoms with Crippen LogP contribution in [0.3, 0.4) is 0 Å². The highest BCUT2D eigenvalue weighted by Gasteiger charge is 2.32. The van der Waals surface area contributed by atoms with Gasteiger partial charge in [-0.3, -0.25) is 0 Å². The highest BCUT2D eigenvalue weighted by Crippen LogP contribution is 2.32. The van der Waals surface area contributed by atoms with Crippen molar-refractivity contribution in [3.63, 3.8) is 0 Å². The van der Waals surface area contributed by atoms with Gasteiger partial charge < -0.3 is 4.74 Å². The zero-order valence-corrected chi connectivity index (χ0v) is 12.6. The number of hydrogen-bond donors (Lipinski definition) is 0. The van der Waals surface area contributed by atoms with Crippen LogP contribution < -0.4 is 0 Å². The molecule has 0 aliphatic heterocycles. The Labute approximate surface area is 117 Å². The second-order valence-electron chi connectivity index (χ2n) is 4.20. The summed E-state index contributed by atoms with van der Waals surface area (Å²) in [4.78, 5) is 12.7. The molecule has 0 amide bonds. The van der Waals surface area contributed by atoms with Gasteiger partial charge in [0.1, 0.15) is 5.69 Å². The molecule has 0 saturated heterocycles. The lowest BCUT2D eigenvalue weighted by Gasteiger charge is -2.20. The molecule has 96 valence electrons. The first kappa shape index (κ1) is 13.2. The van der Waals surface area contributed by atoms with Crippen LogP contribution in [0.25, 0.3) is 10.6 Å². The van der Waals surface area contributed by atoms with Crippen molar-refractivity contribution in [2.75, 3.05) is 7.11 Å². The van der Waals surface area contributed by atoms with Crippen molar-refractivity contribution in [1.82, 2.24) is 15.0 Å².